The smallest absolute Gasteiger partial charge is 0.00436 e. The fraction of sp³-hybridized carbons (Fsp3) is 1.00. The van der Waals surface area contributed by atoms with Gasteiger partial charge in [-0.1, -0.05) is 53.4 Å². The van der Waals surface area contributed by atoms with Gasteiger partial charge in [-0.15, -0.1) is 0 Å². The van der Waals surface area contributed by atoms with Crippen LogP contribution in [0.3, 0.4) is 0 Å². The van der Waals surface area contributed by atoms with E-state index < -0.39 is 10.2 Å². The van der Waals surface area contributed by atoms with E-state index in [1.54, 1.807) is 0 Å². The molecule has 0 saturated heterocycles. The molecule has 0 aliphatic rings. The van der Waals surface area contributed by atoms with E-state index in [1.165, 1.54) is 55.9 Å². The lowest BCUT2D eigenvalue weighted by Gasteiger charge is -2.38. The van der Waals surface area contributed by atoms with Gasteiger partial charge in [-0.05, 0) is 23.7 Å². The highest BCUT2D eigenvalue weighted by atomic mass is 32.3. The average Bonchev–Trinajstić information content (AvgIpc) is 2.29. The van der Waals surface area contributed by atoms with Gasteiger partial charge in [0.25, 0.3) is 0 Å². The Kier molecular flexibility index (Phi) is 9.73. The SMILES string of the molecule is CCCCCCCNS(CC)(CC)CC. The van der Waals surface area contributed by atoms with Gasteiger partial charge in [-0.25, -0.2) is 0 Å². The molecular formula is C13H31NS. The molecule has 94 valence electrons. The third-order valence-electron chi connectivity index (χ3n) is 3.35. The topological polar surface area (TPSA) is 12.0 Å². The normalized spacial score (nSPS) is 13.1. The van der Waals surface area contributed by atoms with Crippen LogP contribution in [0, 0.1) is 0 Å². The van der Waals surface area contributed by atoms with E-state index in [9.17, 15) is 0 Å². The predicted octanol–water partition coefficient (Wildman–Crippen LogP) is 4.33. The molecule has 2 heteroatoms. The Morgan fingerprint density at radius 2 is 1.27 bits per heavy atom. The number of rotatable bonds is 10. The molecule has 0 heterocycles. The summed E-state index contributed by atoms with van der Waals surface area (Å²) in [5.74, 6) is 4.03. The van der Waals surface area contributed by atoms with Crippen molar-refractivity contribution in [2.24, 2.45) is 0 Å². The Labute approximate surface area is 98.9 Å². The molecule has 0 aromatic heterocycles. The molecular weight excluding hydrogens is 202 g/mol. The first-order chi connectivity index (χ1) is 7.24. The minimum atomic E-state index is -0.453. The summed E-state index contributed by atoms with van der Waals surface area (Å²) in [5.41, 5.74) is 0. The number of nitrogens with one attached hydrogen (secondary N) is 1. The third kappa shape index (κ3) is 6.47. The molecule has 0 saturated carbocycles. The molecule has 0 amide bonds. The zero-order chi connectivity index (χ0) is 11.6. The molecule has 15 heavy (non-hydrogen) atoms. The van der Waals surface area contributed by atoms with Gasteiger partial charge in [0, 0.05) is 6.54 Å². The molecule has 1 nitrogen and oxygen atoms in total. The van der Waals surface area contributed by atoms with Crippen LogP contribution in [-0.4, -0.2) is 23.8 Å². The lowest BCUT2D eigenvalue weighted by atomic mass is 10.2. The van der Waals surface area contributed by atoms with E-state index in [4.69, 9.17) is 0 Å². The van der Waals surface area contributed by atoms with Crippen LogP contribution >= 0.6 is 10.2 Å². The molecule has 0 unspecified atom stereocenters. The molecule has 0 aliphatic heterocycles. The van der Waals surface area contributed by atoms with Crippen LogP contribution in [0.1, 0.15) is 59.8 Å². The maximum atomic E-state index is 3.84. The van der Waals surface area contributed by atoms with Crippen molar-refractivity contribution in [3.8, 4) is 0 Å². The Morgan fingerprint density at radius 1 is 0.733 bits per heavy atom. The summed E-state index contributed by atoms with van der Waals surface area (Å²) in [6.45, 7) is 10.5. The number of hydrogen-bond donors (Lipinski definition) is 1. The average molecular weight is 233 g/mol. The molecule has 0 aromatic carbocycles. The fourth-order valence-corrected chi connectivity index (χ4v) is 4.35. The van der Waals surface area contributed by atoms with E-state index in [0.717, 1.165) is 0 Å². The van der Waals surface area contributed by atoms with Crippen molar-refractivity contribution in [1.82, 2.24) is 4.72 Å². The first kappa shape index (κ1) is 15.3. The lowest BCUT2D eigenvalue weighted by Crippen LogP contribution is -2.27. The van der Waals surface area contributed by atoms with Gasteiger partial charge >= 0.3 is 0 Å². The van der Waals surface area contributed by atoms with E-state index in [0.29, 0.717) is 0 Å². The minimum Gasteiger partial charge on any atom is -0.281 e. The van der Waals surface area contributed by atoms with Gasteiger partial charge in [-0.2, -0.15) is 10.2 Å². The van der Waals surface area contributed by atoms with Crippen molar-refractivity contribution in [3.05, 3.63) is 0 Å². The Morgan fingerprint density at radius 3 is 1.73 bits per heavy atom. The highest BCUT2D eigenvalue weighted by Gasteiger charge is 2.15. The van der Waals surface area contributed by atoms with Crippen molar-refractivity contribution in [3.63, 3.8) is 0 Å². The van der Waals surface area contributed by atoms with Gasteiger partial charge in [0.2, 0.25) is 0 Å². The third-order valence-corrected chi connectivity index (χ3v) is 7.48. The van der Waals surface area contributed by atoms with Crippen LogP contribution in [0.25, 0.3) is 0 Å². The van der Waals surface area contributed by atoms with Crippen LogP contribution in [0.4, 0.5) is 0 Å². The monoisotopic (exact) mass is 233 g/mol. The maximum absolute atomic E-state index is 3.84. The Bertz CT molecular complexity index is 124. The van der Waals surface area contributed by atoms with E-state index in [2.05, 4.69) is 32.4 Å². The van der Waals surface area contributed by atoms with Crippen molar-refractivity contribution in [2.45, 2.75) is 59.8 Å². The summed E-state index contributed by atoms with van der Waals surface area (Å²) in [6.07, 6.45) is 6.96. The van der Waals surface area contributed by atoms with Crippen LogP contribution < -0.4 is 4.72 Å². The van der Waals surface area contributed by atoms with Gasteiger partial charge in [-0.3, -0.25) is 4.72 Å². The fourth-order valence-electron chi connectivity index (χ4n) is 1.94. The molecule has 0 spiro atoms. The van der Waals surface area contributed by atoms with Crippen molar-refractivity contribution in [1.29, 1.82) is 0 Å². The number of hydrogen-bond acceptors (Lipinski definition) is 1. The van der Waals surface area contributed by atoms with Crippen LogP contribution in [0.5, 0.6) is 0 Å². The molecule has 1 N–H and O–H groups in total. The summed E-state index contributed by atoms with van der Waals surface area (Å²) in [5, 5.41) is 0. The highest BCUT2D eigenvalue weighted by Crippen LogP contribution is 2.41. The van der Waals surface area contributed by atoms with Gasteiger partial charge in [0.05, 0.1) is 0 Å². The molecule has 0 aromatic rings. The largest absolute Gasteiger partial charge is 0.281 e. The molecule has 0 rings (SSSR count). The van der Waals surface area contributed by atoms with Crippen molar-refractivity contribution in [2.75, 3.05) is 23.8 Å². The van der Waals surface area contributed by atoms with Gasteiger partial charge < -0.3 is 0 Å². The molecule has 0 radical (unpaired) electrons. The first-order valence-corrected chi connectivity index (χ1v) is 8.89. The zero-order valence-corrected chi connectivity index (χ0v) is 12.1. The first-order valence-electron chi connectivity index (χ1n) is 6.75. The van der Waals surface area contributed by atoms with Crippen LogP contribution in [0.2, 0.25) is 0 Å². The van der Waals surface area contributed by atoms with E-state index in [1.807, 2.05) is 0 Å². The highest BCUT2D eigenvalue weighted by molar-refractivity contribution is 8.32. The molecule has 0 fully saturated rings. The second-order valence-corrected chi connectivity index (χ2v) is 8.33. The van der Waals surface area contributed by atoms with Crippen molar-refractivity contribution < 1.29 is 0 Å². The van der Waals surface area contributed by atoms with Gasteiger partial charge in [0.15, 0.2) is 0 Å². The second-order valence-electron chi connectivity index (χ2n) is 4.22. The summed E-state index contributed by atoms with van der Waals surface area (Å²) in [4.78, 5) is 0. The minimum absolute atomic E-state index is 0.453. The summed E-state index contributed by atoms with van der Waals surface area (Å²) in [7, 11) is -0.453. The van der Waals surface area contributed by atoms with Crippen LogP contribution in [-0.2, 0) is 0 Å². The maximum Gasteiger partial charge on any atom is 0.00436 e. The summed E-state index contributed by atoms with van der Waals surface area (Å²) < 4.78 is 3.84. The quantitative estimate of drug-likeness (QED) is 0.554. The Balaban J connectivity index is 3.54. The lowest BCUT2D eigenvalue weighted by molar-refractivity contribution is 0.628. The molecule has 0 bridgehead atoms. The zero-order valence-electron chi connectivity index (χ0n) is 11.3. The van der Waals surface area contributed by atoms with E-state index >= 15 is 0 Å². The Hall–Kier alpha value is 0.310. The van der Waals surface area contributed by atoms with Crippen LogP contribution in [0.15, 0.2) is 0 Å². The summed E-state index contributed by atoms with van der Waals surface area (Å²) >= 11 is 0. The van der Waals surface area contributed by atoms with Gasteiger partial charge in [0.1, 0.15) is 0 Å². The molecule has 0 atom stereocenters. The molecule has 0 aliphatic carbocycles. The predicted molar refractivity (Wildman–Crippen MR) is 76.0 cm³/mol. The van der Waals surface area contributed by atoms with Crippen molar-refractivity contribution >= 4 is 10.2 Å². The van der Waals surface area contributed by atoms with E-state index in [-0.39, 0.29) is 0 Å². The second kappa shape index (κ2) is 9.53. The number of unbranched alkanes of at least 4 members (excludes halogenated alkanes) is 4. The standard InChI is InChI=1S/C13H31NS/c1-5-9-10-11-12-13-14-15(6-2,7-3)8-4/h14H,5-13H2,1-4H3. The summed E-state index contributed by atoms with van der Waals surface area (Å²) in [6, 6.07) is 0.